The first-order chi connectivity index (χ1) is 14.3. The van der Waals surface area contributed by atoms with Gasteiger partial charge in [-0.3, -0.25) is 4.79 Å². The Hall–Kier alpha value is -2.98. The molecule has 0 unspecified atom stereocenters. The molecule has 0 spiro atoms. The first-order valence-corrected chi connectivity index (χ1v) is 10.2. The van der Waals surface area contributed by atoms with E-state index >= 15 is 0 Å². The Kier molecular flexibility index (Phi) is 7.90. The molecule has 0 bridgehead atoms. The van der Waals surface area contributed by atoms with Gasteiger partial charge in [0.2, 0.25) is 10.0 Å². The quantitative estimate of drug-likeness (QED) is 0.519. The summed E-state index contributed by atoms with van der Waals surface area (Å²) in [4.78, 5) is 11.9. The van der Waals surface area contributed by atoms with Gasteiger partial charge in [0.15, 0.2) is 11.5 Å². The molecule has 164 valence electrons. The third kappa shape index (κ3) is 5.33. The van der Waals surface area contributed by atoms with Gasteiger partial charge in [0.05, 0.1) is 40.4 Å². The van der Waals surface area contributed by atoms with Crippen LogP contribution in [0.3, 0.4) is 0 Å². The highest BCUT2D eigenvalue weighted by Crippen LogP contribution is 2.31. The average Bonchev–Trinajstić information content (AvgIpc) is 2.77. The van der Waals surface area contributed by atoms with Gasteiger partial charge in [-0.25, -0.2) is 8.42 Å². The largest absolute Gasteiger partial charge is 0.497 e. The molecule has 0 heterocycles. The minimum absolute atomic E-state index is 0.0566. The van der Waals surface area contributed by atoms with Gasteiger partial charge < -0.3 is 23.7 Å². The molecule has 2 aromatic carbocycles. The minimum Gasteiger partial charge on any atom is -0.497 e. The molecule has 0 N–H and O–H groups in total. The van der Waals surface area contributed by atoms with Crippen LogP contribution in [-0.4, -0.2) is 60.8 Å². The lowest BCUT2D eigenvalue weighted by molar-refractivity contribution is -0.140. The van der Waals surface area contributed by atoms with Gasteiger partial charge in [0, 0.05) is 18.7 Å². The molecule has 2 rings (SSSR count). The van der Waals surface area contributed by atoms with Crippen molar-refractivity contribution in [1.29, 1.82) is 0 Å². The van der Waals surface area contributed by atoms with Crippen LogP contribution in [0.2, 0.25) is 0 Å². The van der Waals surface area contributed by atoms with E-state index in [9.17, 15) is 13.2 Å². The van der Waals surface area contributed by atoms with E-state index in [0.29, 0.717) is 22.8 Å². The number of ether oxygens (including phenoxy) is 5. The van der Waals surface area contributed by atoms with Crippen molar-refractivity contribution in [2.45, 2.75) is 11.4 Å². The second-order valence-corrected chi connectivity index (χ2v) is 8.02. The van der Waals surface area contributed by atoms with Crippen molar-refractivity contribution >= 4 is 16.0 Å². The summed E-state index contributed by atoms with van der Waals surface area (Å²) < 4.78 is 53.2. The Morgan fingerprint density at radius 2 is 1.43 bits per heavy atom. The fraction of sp³-hybridized carbons (Fsp3) is 0.350. The van der Waals surface area contributed by atoms with E-state index in [-0.39, 0.29) is 17.2 Å². The monoisotopic (exact) mass is 439 g/mol. The molecule has 0 saturated heterocycles. The van der Waals surface area contributed by atoms with Crippen LogP contribution < -0.4 is 18.9 Å². The lowest BCUT2D eigenvalue weighted by Gasteiger charge is -2.22. The summed E-state index contributed by atoms with van der Waals surface area (Å²) in [6, 6.07) is 9.19. The van der Waals surface area contributed by atoms with E-state index in [2.05, 4.69) is 4.74 Å². The van der Waals surface area contributed by atoms with Crippen LogP contribution in [0.25, 0.3) is 0 Å². The van der Waals surface area contributed by atoms with Crippen LogP contribution >= 0.6 is 0 Å². The molecule has 0 amide bonds. The second kappa shape index (κ2) is 10.2. The number of nitrogens with zero attached hydrogens (tertiary/aromatic N) is 1. The lowest BCUT2D eigenvalue weighted by Crippen LogP contribution is -2.35. The third-order valence-electron chi connectivity index (χ3n) is 4.30. The Bertz CT molecular complexity index is 968. The Morgan fingerprint density at radius 1 is 0.833 bits per heavy atom. The molecule has 10 heteroatoms. The highest BCUT2D eigenvalue weighted by Gasteiger charge is 2.28. The van der Waals surface area contributed by atoms with Crippen molar-refractivity contribution in [3.8, 4) is 23.0 Å². The van der Waals surface area contributed by atoms with Gasteiger partial charge in [-0.1, -0.05) is 0 Å². The zero-order valence-electron chi connectivity index (χ0n) is 17.5. The smallest absolute Gasteiger partial charge is 0.321 e. The SMILES string of the molecule is COC(=O)CN(Cc1cc(OC)cc(OC)c1)S(=O)(=O)c1ccc(OC)c(OC)c1. The number of esters is 1. The molecule has 0 radical (unpaired) electrons. The van der Waals surface area contributed by atoms with E-state index in [4.69, 9.17) is 18.9 Å². The zero-order chi connectivity index (χ0) is 22.3. The van der Waals surface area contributed by atoms with E-state index in [0.717, 1.165) is 4.31 Å². The summed E-state index contributed by atoms with van der Waals surface area (Å²) in [5, 5.41) is 0. The summed E-state index contributed by atoms with van der Waals surface area (Å²) in [5.74, 6) is 0.916. The summed E-state index contributed by atoms with van der Waals surface area (Å²) in [5.41, 5.74) is 0.569. The Labute approximate surface area is 176 Å². The van der Waals surface area contributed by atoms with E-state index in [1.807, 2.05) is 0 Å². The lowest BCUT2D eigenvalue weighted by atomic mass is 10.2. The Morgan fingerprint density at radius 3 is 1.93 bits per heavy atom. The summed E-state index contributed by atoms with van der Waals surface area (Å²) in [6.07, 6.45) is 0. The van der Waals surface area contributed by atoms with Gasteiger partial charge in [-0.2, -0.15) is 4.31 Å². The molecular formula is C20H25NO8S. The van der Waals surface area contributed by atoms with Crippen LogP contribution in [0.1, 0.15) is 5.56 Å². The van der Waals surface area contributed by atoms with Crippen molar-refractivity contribution in [3.05, 3.63) is 42.0 Å². The van der Waals surface area contributed by atoms with E-state index in [1.54, 1.807) is 18.2 Å². The van der Waals surface area contributed by atoms with E-state index < -0.39 is 22.5 Å². The predicted octanol–water partition coefficient (Wildman–Crippen LogP) is 2.08. The normalized spacial score (nSPS) is 11.1. The highest BCUT2D eigenvalue weighted by atomic mass is 32.2. The third-order valence-corrected chi connectivity index (χ3v) is 6.08. The number of hydrogen-bond acceptors (Lipinski definition) is 8. The molecule has 0 aliphatic heterocycles. The predicted molar refractivity (Wildman–Crippen MR) is 109 cm³/mol. The van der Waals surface area contributed by atoms with Crippen molar-refractivity contribution in [3.63, 3.8) is 0 Å². The number of benzene rings is 2. The number of sulfonamides is 1. The minimum atomic E-state index is -4.09. The molecule has 0 aromatic heterocycles. The number of rotatable bonds is 10. The molecule has 0 aliphatic rings. The molecule has 0 aliphatic carbocycles. The van der Waals surface area contributed by atoms with Crippen molar-refractivity contribution in [2.75, 3.05) is 42.1 Å². The maximum absolute atomic E-state index is 13.3. The highest BCUT2D eigenvalue weighted by molar-refractivity contribution is 7.89. The molecule has 0 fully saturated rings. The van der Waals surface area contributed by atoms with Crippen LogP contribution in [0.5, 0.6) is 23.0 Å². The number of hydrogen-bond donors (Lipinski definition) is 0. The van der Waals surface area contributed by atoms with E-state index in [1.165, 1.54) is 53.7 Å². The maximum Gasteiger partial charge on any atom is 0.321 e. The van der Waals surface area contributed by atoms with Crippen LogP contribution in [-0.2, 0) is 26.1 Å². The van der Waals surface area contributed by atoms with Crippen LogP contribution in [0.4, 0.5) is 0 Å². The van der Waals surface area contributed by atoms with Crippen LogP contribution in [0.15, 0.2) is 41.3 Å². The molecule has 0 saturated carbocycles. The first kappa shape index (κ1) is 23.3. The standard InChI is InChI=1S/C20H25NO8S/c1-25-15-8-14(9-16(10-15)26-2)12-21(13-20(22)29-5)30(23,24)17-6-7-18(27-3)19(11-17)28-4/h6-11H,12-13H2,1-5H3. The molecule has 30 heavy (non-hydrogen) atoms. The van der Waals surface area contributed by atoms with Gasteiger partial charge in [0.25, 0.3) is 0 Å². The maximum atomic E-state index is 13.3. The summed E-state index contributed by atoms with van der Waals surface area (Å²) in [7, 11) is 2.95. The number of methoxy groups -OCH3 is 5. The first-order valence-electron chi connectivity index (χ1n) is 8.80. The van der Waals surface area contributed by atoms with Gasteiger partial charge in [0.1, 0.15) is 18.0 Å². The fourth-order valence-corrected chi connectivity index (χ4v) is 4.11. The van der Waals surface area contributed by atoms with Crippen molar-refractivity contribution < 1.29 is 36.9 Å². The van der Waals surface area contributed by atoms with Gasteiger partial charge in [-0.05, 0) is 29.8 Å². The zero-order valence-corrected chi connectivity index (χ0v) is 18.3. The van der Waals surface area contributed by atoms with Crippen molar-refractivity contribution in [1.82, 2.24) is 4.31 Å². The van der Waals surface area contributed by atoms with Gasteiger partial charge in [-0.15, -0.1) is 0 Å². The number of carbonyl (C=O) groups excluding carboxylic acids is 1. The second-order valence-electron chi connectivity index (χ2n) is 6.09. The molecule has 0 atom stereocenters. The van der Waals surface area contributed by atoms with Gasteiger partial charge >= 0.3 is 5.97 Å². The fourth-order valence-electron chi connectivity index (χ4n) is 2.72. The topological polar surface area (TPSA) is 101 Å². The summed E-state index contributed by atoms with van der Waals surface area (Å²) in [6.45, 7) is -0.591. The average molecular weight is 439 g/mol. The molecular weight excluding hydrogens is 414 g/mol. The number of carbonyl (C=O) groups is 1. The van der Waals surface area contributed by atoms with Crippen LogP contribution in [0, 0.1) is 0 Å². The Balaban J connectivity index is 2.49. The molecule has 2 aromatic rings. The molecule has 9 nitrogen and oxygen atoms in total. The van der Waals surface area contributed by atoms with Crippen molar-refractivity contribution in [2.24, 2.45) is 0 Å². The summed E-state index contributed by atoms with van der Waals surface area (Å²) >= 11 is 0.